The summed E-state index contributed by atoms with van der Waals surface area (Å²) in [4.78, 5) is 23.3. The molecular weight excluding hydrogens is 346 g/mol. The van der Waals surface area contributed by atoms with Crippen LogP contribution in [0.3, 0.4) is 0 Å². The number of ether oxygens (including phenoxy) is 1. The van der Waals surface area contributed by atoms with Gasteiger partial charge >= 0.3 is 11.8 Å². The zero-order valence-electron chi connectivity index (χ0n) is 15.6. The van der Waals surface area contributed by atoms with Crippen LogP contribution in [-0.2, 0) is 4.74 Å². The first kappa shape index (κ1) is 17.9. The molecule has 1 aromatic carbocycles. The second-order valence-corrected chi connectivity index (χ2v) is 6.80. The fraction of sp³-hybridized carbons (Fsp3) is 0.526. The minimum atomic E-state index is -0.186. The van der Waals surface area contributed by atoms with Crippen molar-refractivity contribution >= 4 is 11.6 Å². The van der Waals surface area contributed by atoms with E-state index in [9.17, 15) is 4.79 Å². The number of nitrogens with zero attached hydrogens (tertiary/aromatic N) is 5. The monoisotopic (exact) mass is 371 g/mol. The summed E-state index contributed by atoms with van der Waals surface area (Å²) in [5, 5.41) is 4.00. The number of hydrogen-bond donors (Lipinski definition) is 0. The summed E-state index contributed by atoms with van der Waals surface area (Å²) in [6.07, 6.45) is 0. The summed E-state index contributed by atoms with van der Waals surface area (Å²) in [6.45, 7) is 9.58. The molecule has 0 aliphatic carbocycles. The van der Waals surface area contributed by atoms with Crippen molar-refractivity contribution in [3.63, 3.8) is 0 Å². The van der Waals surface area contributed by atoms with Gasteiger partial charge in [-0.05, 0) is 30.8 Å². The SMILES string of the molecule is CCN1CCN(C(=O)c2nc(-c3ccc(N4CCOCC4)cc3)no2)CC1. The summed E-state index contributed by atoms with van der Waals surface area (Å²) < 4.78 is 10.6. The van der Waals surface area contributed by atoms with E-state index in [0.29, 0.717) is 18.9 Å². The maximum Gasteiger partial charge on any atom is 0.316 e. The molecule has 0 saturated carbocycles. The Hall–Kier alpha value is -2.45. The van der Waals surface area contributed by atoms with Gasteiger partial charge in [0.1, 0.15) is 0 Å². The van der Waals surface area contributed by atoms with Crippen molar-refractivity contribution < 1.29 is 14.1 Å². The average molecular weight is 371 g/mol. The van der Waals surface area contributed by atoms with Crippen LogP contribution in [0, 0.1) is 0 Å². The zero-order chi connectivity index (χ0) is 18.6. The number of carbonyl (C=O) groups is 1. The lowest BCUT2D eigenvalue weighted by molar-refractivity contribution is 0.0595. The molecule has 27 heavy (non-hydrogen) atoms. The molecule has 0 bridgehead atoms. The topological polar surface area (TPSA) is 74.9 Å². The third kappa shape index (κ3) is 3.96. The van der Waals surface area contributed by atoms with Gasteiger partial charge in [-0.1, -0.05) is 12.1 Å². The van der Waals surface area contributed by atoms with Crippen molar-refractivity contribution in [2.75, 3.05) is 63.9 Å². The Morgan fingerprint density at radius 3 is 2.41 bits per heavy atom. The van der Waals surface area contributed by atoms with E-state index in [4.69, 9.17) is 9.26 Å². The molecule has 1 aromatic heterocycles. The molecule has 2 aromatic rings. The minimum Gasteiger partial charge on any atom is -0.378 e. The zero-order valence-corrected chi connectivity index (χ0v) is 15.6. The molecule has 2 fully saturated rings. The number of benzene rings is 1. The van der Waals surface area contributed by atoms with E-state index in [1.807, 2.05) is 24.3 Å². The number of rotatable bonds is 4. The van der Waals surface area contributed by atoms with Gasteiger partial charge in [0.2, 0.25) is 5.82 Å². The van der Waals surface area contributed by atoms with Gasteiger partial charge in [-0.2, -0.15) is 4.98 Å². The third-order valence-electron chi connectivity index (χ3n) is 5.22. The van der Waals surface area contributed by atoms with E-state index in [1.165, 1.54) is 0 Å². The normalized spacial score (nSPS) is 18.7. The molecule has 2 aliphatic heterocycles. The molecule has 0 atom stereocenters. The van der Waals surface area contributed by atoms with Gasteiger partial charge in [0.25, 0.3) is 0 Å². The third-order valence-corrected chi connectivity index (χ3v) is 5.22. The van der Waals surface area contributed by atoms with Crippen LogP contribution in [0.4, 0.5) is 5.69 Å². The molecule has 8 heteroatoms. The minimum absolute atomic E-state index is 0.0622. The van der Waals surface area contributed by atoms with E-state index in [-0.39, 0.29) is 11.8 Å². The molecule has 2 saturated heterocycles. The van der Waals surface area contributed by atoms with Crippen LogP contribution in [0.15, 0.2) is 28.8 Å². The number of piperazine rings is 1. The second-order valence-electron chi connectivity index (χ2n) is 6.80. The van der Waals surface area contributed by atoms with E-state index < -0.39 is 0 Å². The van der Waals surface area contributed by atoms with Gasteiger partial charge in [0.15, 0.2) is 0 Å². The Kier molecular flexibility index (Phi) is 5.35. The van der Waals surface area contributed by atoms with Crippen LogP contribution in [0.5, 0.6) is 0 Å². The van der Waals surface area contributed by atoms with Crippen LogP contribution in [-0.4, -0.2) is 84.9 Å². The summed E-state index contributed by atoms with van der Waals surface area (Å²) in [7, 11) is 0. The maximum atomic E-state index is 12.6. The first-order valence-electron chi connectivity index (χ1n) is 9.53. The Labute approximate surface area is 158 Å². The average Bonchev–Trinajstić information content (AvgIpc) is 3.24. The summed E-state index contributed by atoms with van der Waals surface area (Å²) in [5.74, 6) is 0.320. The van der Waals surface area contributed by atoms with Gasteiger partial charge in [0, 0.05) is 50.5 Å². The molecule has 2 aliphatic rings. The molecule has 0 radical (unpaired) electrons. The Morgan fingerprint density at radius 2 is 1.74 bits per heavy atom. The number of amides is 1. The lowest BCUT2D eigenvalue weighted by Crippen LogP contribution is -2.48. The Bertz CT molecular complexity index is 762. The first-order valence-corrected chi connectivity index (χ1v) is 9.53. The number of morpholine rings is 1. The van der Waals surface area contributed by atoms with Crippen LogP contribution in [0.25, 0.3) is 11.4 Å². The van der Waals surface area contributed by atoms with E-state index in [1.54, 1.807) is 4.90 Å². The number of hydrogen-bond acceptors (Lipinski definition) is 7. The second kappa shape index (κ2) is 8.06. The number of likely N-dealkylation sites (N-methyl/N-ethyl adjacent to an activating group) is 1. The largest absolute Gasteiger partial charge is 0.378 e. The predicted octanol–water partition coefficient (Wildman–Crippen LogP) is 1.35. The van der Waals surface area contributed by atoms with Crippen LogP contribution in [0.1, 0.15) is 17.6 Å². The fourth-order valence-corrected chi connectivity index (χ4v) is 3.47. The smallest absolute Gasteiger partial charge is 0.316 e. The number of aromatic nitrogens is 2. The van der Waals surface area contributed by atoms with Crippen LogP contribution < -0.4 is 4.90 Å². The molecular formula is C19H25N5O3. The van der Waals surface area contributed by atoms with Gasteiger partial charge < -0.3 is 24.0 Å². The van der Waals surface area contributed by atoms with Crippen molar-refractivity contribution in [1.82, 2.24) is 19.9 Å². The number of anilines is 1. The molecule has 0 unspecified atom stereocenters. The van der Waals surface area contributed by atoms with Gasteiger partial charge in [-0.3, -0.25) is 4.79 Å². The van der Waals surface area contributed by atoms with Gasteiger partial charge in [-0.25, -0.2) is 0 Å². The highest BCUT2D eigenvalue weighted by Gasteiger charge is 2.26. The van der Waals surface area contributed by atoms with Gasteiger partial charge in [0.05, 0.1) is 13.2 Å². The summed E-state index contributed by atoms with van der Waals surface area (Å²) in [6, 6.07) is 8.01. The van der Waals surface area contributed by atoms with E-state index in [2.05, 4.69) is 26.9 Å². The Balaban J connectivity index is 1.42. The van der Waals surface area contributed by atoms with Crippen LogP contribution in [0.2, 0.25) is 0 Å². The van der Waals surface area contributed by atoms with Crippen molar-refractivity contribution in [2.24, 2.45) is 0 Å². The molecule has 1 amide bonds. The van der Waals surface area contributed by atoms with E-state index in [0.717, 1.165) is 57.2 Å². The standard InChI is InChI=1S/C19H25N5O3/c1-2-22-7-9-24(10-8-22)19(25)18-20-17(21-27-18)15-3-5-16(6-4-15)23-11-13-26-14-12-23/h3-6H,2,7-14H2,1H3. The van der Waals surface area contributed by atoms with Crippen molar-refractivity contribution in [2.45, 2.75) is 6.92 Å². The summed E-state index contributed by atoms with van der Waals surface area (Å²) in [5.41, 5.74) is 1.99. The van der Waals surface area contributed by atoms with Crippen molar-refractivity contribution in [3.8, 4) is 11.4 Å². The number of carbonyl (C=O) groups excluding carboxylic acids is 1. The highest BCUT2D eigenvalue weighted by atomic mass is 16.5. The maximum absolute atomic E-state index is 12.6. The van der Waals surface area contributed by atoms with E-state index >= 15 is 0 Å². The molecule has 3 heterocycles. The Morgan fingerprint density at radius 1 is 1.04 bits per heavy atom. The lowest BCUT2D eigenvalue weighted by atomic mass is 10.2. The molecule has 8 nitrogen and oxygen atoms in total. The van der Waals surface area contributed by atoms with Crippen molar-refractivity contribution in [1.29, 1.82) is 0 Å². The molecule has 144 valence electrons. The highest BCUT2D eigenvalue weighted by Crippen LogP contribution is 2.22. The quantitative estimate of drug-likeness (QED) is 0.803. The first-order chi connectivity index (χ1) is 13.2. The van der Waals surface area contributed by atoms with Gasteiger partial charge in [-0.15, -0.1) is 0 Å². The molecule has 0 N–H and O–H groups in total. The molecule has 0 spiro atoms. The van der Waals surface area contributed by atoms with Crippen molar-refractivity contribution in [3.05, 3.63) is 30.2 Å². The van der Waals surface area contributed by atoms with Crippen LogP contribution >= 0.6 is 0 Å². The highest BCUT2D eigenvalue weighted by molar-refractivity contribution is 5.90. The predicted molar refractivity (Wildman–Crippen MR) is 101 cm³/mol. The summed E-state index contributed by atoms with van der Waals surface area (Å²) >= 11 is 0. The lowest BCUT2D eigenvalue weighted by Gasteiger charge is -2.33. The molecule has 4 rings (SSSR count). The fourth-order valence-electron chi connectivity index (χ4n) is 3.47.